The fraction of sp³-hybridized carbons (Fsp3) is 0.444. The van der Waals surface area contributed by atoms with E-state index < -0.39 is 44.6 Å². The van der Waals surface area contributed by atoms with Crippen molar-refractivity contribution >= 4 is 19.9 Å². The van der Waals surface area contributed by atoms with E-state index in [0.29, 0.717) is 5.69 Å². The predicted octanol–water partition coefficient (Wildman–Crippen LogP) is 5.55. The van der Waals surface area contributed by atoms with Crippen LogP contribution in [0.2, 0.25) is 18.1 Å². The summed E-state index contributed by atoms with van der Waals surface area (Å²) < 4.78 is 68.4. The van der Waals surface area contributed by atoms with Crippen molar-refractivity contribution in [1.29, 1.82) is 0 Å². The number of alkyl halides is 2. The number of rotatable bonds is 10. The van der Waals surface area contributed by atoms with Crippen LogP contribution in [0.3, 0.4) is 0 Å². The number of imidazole rings is 1. The number of nitrogens with one attached hydrogen (secondary N) is 1. The maximum atomic E-state index is 14.1. The summed E-state index contributed by atoms with van der Waals surface area (Å²) in [7, 11) is -2.36. The molecule has 1 N–H and O–H groups in total. The van der Waals surface area contributed by atoms with Crippen molar-refractivity contribution in [3.05, 3.63) is 70.9 Å². The molecule has 0 unspecified atom stereocenters. The Morgan fingerprint density at radius 1 is 1.10 bits per heavy atom. The van der Waals surface area contributed by atoms with E-state index >= 15 is 0 Å². The molecule has 1 atom stereocenters. The lowest BCUT2D eigenvalue weighted by molar-refractivity contribution is 0.0387. The minimum absolute atomic E-state index is 0.109. The van der Waals surface area contributed by atoms with Gasteiger partial charge < -0.3 is 14.5 Å². The van der Waals surface area contributed by atoms with E-state index in [1.807, 2.05) is 33.9 Å². The number of halogens is 4. The van der Waals surface area contributed by atoms with E-state index in [-0.39, 0.29) is 44.9 Å². The standard InChI is InChI=1S/C27H33F4N7O3Si/c1-16-21(37-13-9-12-20(22(37)32-16)40-14-17-18(28)10-8-11-19(17)29)23(39)33-27(5,15-41-42(6,7)26(2,3)4)24-34-36-38(35-24)25(30)31/h8-13,25H,14-15H2,1-7H3,(H,33,39)/t27-/m0/s1. The highest BCUT2D eigenvalue weighted by Gasteiger charge is 2.42. The zero-order valence-electron chi connectivity index (χ0n) is 24.4. The van der Waals surface area contributed by atoms with Crippen molar-refractivity contribution in [1.82, 2.24) is 34.9 Å². The predicted molar refractivity (Wildman–Crippen MR) is 148 cm³/mol. The lowest BCUT2D eigenvalue weighted by atomic mass is 10.0. The first-order chi connectivity index (χ1) is 19.5. The van der Waals surface area contributed by atoms with Crippen molar-refractivity contribution in [3.63, 3.8) is 0 Å². The summed E-state index contributed by atoms with van der Waals surface area (Å²) in [6, 6.07) is 6.67. The van der Waals surface area contributed by atoms with Crippen LogP contribution in [-0.4, -0.2) is 50.4 Å². The van der Waals surface area contributed by atoms with Gasteiger partial charge in [-0.1, -0.05) is 31.6 Å². The number of benzene rings is 1. The van der Waals surface area contributed by atoms with Crippen molar-refractivity contribution in [3.8, 4) is 5.75 Å². The van der Waals surface area contributed by atoms with E-state index in [1.165, 1.54) is 10.5 Å². The maximum Gasteiger partial charge on any atom is 0.350 e. The van der Waals surface area contributed by atoms with Crippen molar-refractivity contribution in [2.24, 2.45) is 0 Å². The summed E-state index contributed by atoms with van der Waals surface area (Å²) in [4.78, 5) is 18.4. The molecule has 226 valence electrons. The number of carbonyl (C=O) groups is 1. The van der Waals surface area contributed by atoms with Crippen LogP contribution in [0.15, 0.2) is 36.5 Å². The topological polar surface area (TPSA) is 108 Å². The van der Waals surface area contributed by atoms with Crippen molar-refractivity contribution < 1.29 is 31.5 Å². The Labute approximate surface area is 241 Å². The second-order valence-corrected chi connectivity index (χ2v) is 16.5. The quantitative estimate of drug-likeness (QED) is 0.186. The van der Waals surface area contributed by atoms with Crippen LogP contribution in [0.4, 0.5) is 17.6 Å². The first kappa shape index (κ1) is 31.1. The molecule has 0 bridgehead atoms. The molecule has 0 fully saturated rings. The summed E-state index contributed by atoms with van der Waals surface area (Å²) in [5, 5.41) is 13.7. The van der Waals surface area contributed by atoms with Gasteiger partial charge in [-0.05, 0) is 61.5 Å². The average molecular weight is 608 g/mol. The third-order valence-corrected chi connectivity index (χ3v) is 11.9. The number of aryl methyl sites for hydroxylation is 1. The van der Waals surface area contributed by atoms with Crippen LogP contribution < -0.4 is 10.1 Å². The number of carbonyl (C=O) groups excluding carboxylic acids is 1. The largest absolute Gasteiger partial charge is 0.485 e. The van der Waals surface area contributed by atoms with Gasteiger partial charge in [0.15, 0.2) is 19.7 Å². The fourth-order valence-corrected chi connectivity index (χ4v) is 4.98. The number of fused-ring (bicyclic) bond motifs is 1. The second-order valence-electron chi connectivity index (χ2n) is 11.6. The summed E-state index contributed by atoms with van der Waals surface area (Å²) in [6.45, 7) is 9.81. The number of ether oxygens (including phenoxy) is 1. The van der Waals surface area contributed by atoms with Gasteiger partial charge in [0.2, 0.25) is 5.82 Å². The van der Waals surface area contributed by atoms with Crippen LogP contribution in [0.5, 0.6) is 5.75 Å². The highest BCUT2D eigenvalue weighted by Crippen LogP contribution is 2.37. The summed E-state index contributed by atoms with van der Waals surface area (Å²) >= 11 is 0. The lowest BCUT2D eigenvalue weighted by Crippen LogP contribution is -2.52. The molecule has 1 amide bonds. The zero-order chi connectivity index (χ0) is 31.0. The molecule has 0 aliphatic heterocycles. The van der Waals surface area contributed by atoms with Gasteiger partial charge in [0, 0.05) is 6.20 Å². The molecule has 0 saturated carbocycles. The molecule has 3 aromatic heterocycles. The number of nitrogens with zero attached hydrogens (tertiary/aromatic N) is 6. The van der Waals surface area contributed by atoms with E-state index in [9.17, 15) is 22.4 Å². The smallest absolute Gasteiger partial charge is 0.350 e. The fourth-order valence-electron chi connectivity index (χ4n) is 3.90. The molecule has 15 heteroatoms. The molecular weight excluding hydrogens is 574 g/mol. The number of amides is 1. The van der Waals surface area contributed by atoms with Crippen LogP contribution in [0, 0.1) is 18.6 Å². The molecule has 0 saturated heterocycles. The molecule has 4 rings (SSSR count). The normalized spacial score (nSPS) is 13.9. The second kappa shape index (κ2) is 11.4. The van der Waals surface area contributed by atoms with E-state index in [1.54, 1.807) is 32.2 Å². The highest BCUT2D eigenvalue weighted by atomic mass is 28.4. The van der Waals surface area contributed by atoms with Gasteiger partial charge in [-0.2, -0.15) is 8.78 Å². The van der Waals surface area contributed by atoms with Gasteiger partial charge in [0.1, 0.15) is 29.5 Å². The van der Waals surface area contributed by atoms with E-state index in [4.69, 9.17) is 9.16 Å². The van der Waals surface area contributed by atoms with Crippen LogP contribution >= 0.6 is 0 Å². The Bertz CT molecular complexity index is 1580. The third-order valence-electron chi connectivity index (χ3n) is 7.45. The van der Waals surface area contributed by atoms with Crippen LogP contribution in [-0.2, 0) is 16.6 Å². The Hall–Kier alpha value is -3.85. The van der Waals surface area contributed by atoms with Gasteiger partial charge in [0.05, 0.1) is 17.9 Å². The average Bonchev–Trinajstić information content (AvgIpc) is 3.52. The minimum atomic E-state index is -3.02. The molecule has 0 aliphatic carbocycles. The Morgan fingerprint density at radius 2 is 1.76 bits per heavy atom. The maximum absolute atomic E-state index is 14.1. The number of hydrogen-bond donors (Lipinski definition) is 1. The van der Waals surface area contributed by atoms with Crippen LogP contribution in [0.1, 0.15) is 61.8 Å². The molecular formula is C27H33F4N7O3Si. The molecule has 10 nitrogen and oxygen atoms in total. The number of hydrogen-bond acceptors (Lipinski definition) is 7. The molecule has 1 aromatic carbocycles. The van der Waals surface area contributed by atoms with Gasteiger partial charge >= 0.3 is 6.55 Å². The SMILES string of the molecule is Cc1nc2c(OCc3c(F)cccc3F)cccn2c1C(=O)N[C@@](C)(CO[Si](C)(C)C(C)(C)C)c1nnn(C(F)F)n1. The first-order valence-electron chi connectivity index (χ1n) is 13.1. The number of aromatic nitrogens is 6. The van der Waals surface area contributed by atoms with Gasteiger partial charge in [0.25, 0.3) is 5.91 Å². The molecule has 3 heterocycles. The first-order valence-corrected chi connectivity index (χ1v) is 16.0. The van der Waals surface area contributed by atoms with Gasteiger partial charge in [-0.3, -0.25) is 9.20 Å². The monoisotopic (exact) mass is 607 g/mol. The minimum Gasteiger partial charge on any atom is -0.485 e. The van der Waals surface area contributed by atoms with Gasteiger partial charge in [-0.15, -0.1) is 10.2 Å². The Morgan fingerprint density at radius 3 is 2.36 bits per heavy atom. The summed E-state index contributed by atoms with van der Waals surface area (Å²) in [5.74, 6) is -2.09. The molecule has 4 aromatic rings. The van der Waals surface area contributed by atoms with Crippen molar-refractivity contribution in [2.75, 3.05) is 6.61 Å². The zero-order valence-corrected chi connectivity index (χ0v) is 25.4. The van der Waals surface area contributed by atoms with E-state index in [0.717, 1.165) is 12.1 Å². The lowest BCUT2D eigenvalue weighted by Gasteiger charge is -2.39. The third kappa shape index (κ3) is 6.16. The Kier molecular flexibility index (Phi) is 8.47. The van der Waals surface area contributed by atoms with Crippen LogP contribution in [0.25, 0.3) is 5.65 Å². The van der Waals surface area contributed by atoms with Gasteiger partial charge in [-0.25, -0.2) is 13.8 Å². The molecule has 0 radical (unpaired) electrons. The Balaban J connectivity index is 1.67. The van der Waals surface area contributed by atoms with E-state index in [2.05, 4.69) is 25.7 Å². The number of tetrazole rings is 1. The summed E-state index contributed by atoms with van der Waals surface area (Å²) in [6.07, 6.45) is 1.58. The molecule has 42 heavy (non-hydrogen) atoms. The summed E-state index contributed by atoms with van der Waals surface area (Å²) in [5.41, 5.74) is -1.03. The number of pyridine rings is 1. The highest BCUT2D eigenvalue weighted by molar-refractivity contribution is 6.74. The van der Waals surface area contributed by atoms with Crippen molar-refractivity contribution in [2.45, 2.75) is 71.4 Å². The molecule has 0 aliphatic rings. The molecule has 0 spiro atoms.